The number of likely N-dealkylation sites (tertiary alicyclic amines) is 1. The minimum absolute atomic E-state index is 0.0245. The highest BCUT2D eigenvalue weighted by molar-refractivity contribution is 6.02. The molecule has 3 N–H and O–H groups in total. The maximum Gasteiger partial charge on any atom is 0.405 e. The first kappa shape index (κ1) is 29.1. The molecule has 1 aromatic carbocycles. The van der Waals surface area contributed by atoms with Gasteiger partial charge in [0.15, 0.2) is 0 Å². The summed E-state index contributed by atoms with van der Waals surface area (Å²) in [5, 5.41) is 7.81. The number of nitrogens with zero attached hydrogens (tertiary/aromatic N) is 1. The number of hydrogen-bond acceptors (Lipinski definition) is 4. The van der Waals surface area contributed by atoms with Gasteiger partial charge in [-0.15, -0.1) is 0 Å². The molecule has 5 rings (SSSR count). The van der Waals surface area contributed by atoms with Crippen LogP contribution in [0.5, 0.6) is 0 Å². The third-order valence-electron chi connectivity index (χ3n) is 8.74. The van der Waals surface area contributed by atoms with E-state index < -0.39 is 30.0 Å². The Hall–Kier alpha value is -3.40. The first-order valence-electron chi connectivity index (χ1n) is 14.5. The van der Waals surface area contributed by atoms with Gasteiger partial charge >= 0.3 is 6.18 Å². The summed E-state index contributed by atoms with van der Waals surface area (Å²) >= 11 is 0. The van der Waals surface area contributed by atoms with Crippen molar-refractivity contribution < 1.29 is 27.6 Å². The number of benzene rings is 1. The molecule has 2 atom stereocenters. The number of piperidine rings is 1. The Kier molecular flexibility index (Phi) is 8.68. The van der Waals surface area contributed by atoms with Gasteiger partial charge in [0.05, 0.1) is 5.41 Å². The molecule has 0 spiro atoms. The molecule has 2 unspecified atom stereocenters. The van der Waals surface area contributed by atoms with E-state index in [-0.39, 0.29) is 17.9 Å². The smallest absolute Gasteiger partial charge is 0.353 e. The molecule has 0 bridgehead atoms. The summed E-state index contributed by atoms with van der Waals surface area (Å²) in [6, 6.07) is 7.66. The zero-order valence-corrected chi connectivity index (χ0v) is 23.1. The molecule has 1 aromatic rings. The van der Waals surface area contributed by atoms with Crippen molar-refractivity contribution in [2.45, 2.75) is 69.0 Å². The lowest BCUT2D eigenvalue weighted by Gasteiger charge is -2.34. The normalized spacial score (nSPS) is 24.6. The van der Waals surface area contributed by atoms with Crippen LogP contribution in [0, 0.1) is 5.92 Å². The number of carbonyl (C=O) groups excluding carboxylic acids is 3. The number of unbranched alkanes of at least 4 members (excludes halogenated alkanes) is 1. The Balaban J connectivity index is 1.19. The lowest BCUT2D eigenvalue weighted by atomic mass is 9.71. The van der Waals surface area contributed by atoms with Gasteiger partial charge in [0.2, 0.25) is 17.7 Å². The third-order valence-corrected chi connectivity index (χ3v) is 8.74. The molecule has 0 radical (unpaired) electrons. The van der Waals surface area contributed by atoms with Crippen molar-refractivity contribution in [2.75, 3.05) is 26.2 Å². The van der Waals surface area contributed by atoms with E-state index in [2.05, 4.69) is 20.9 Å². The maximum absolute atomic E-state index is 13.6. The number of rotatable bonds is 9. The van der Waals surface area contributed by atoms with Crippen molar-refractivity contribution in [1.82, 2.24) is 20.9 Å². The van der Waals surface area contributed by atoms with Crippen LogP contribution in [0.1, 0.15) is 62.5 Å². The quantitative estimate of drug-likeness (QED) is 0.308. The van der Waals surface area contributed by atoms with Gasteiger partial charge in [-0.1, -0.05) is 48.9 Å². The van der Waals surface area contributed by atoms with Crippen molar-refractivity contribution in [1.29, 1.82) is 0 Å². The van der Waals surface area contributed by atoms with Crippen molar-refractivity contribution in [3.63, 3.8) is 0 Å². The van der Waals surface area contributed by atoms with Gasteiger partial charge < -0.3 is 20.9 Å². The first-order valence-corrected chi connectivity index (χ1v) is 14.5. The van der Waals surface area contributed by atoms with Crippen LogP contribution in [0.25, 0.3) is 5.57 Å². The van der Waals surface area contributed by atoms with Crippen LogP contribution in [-0.2, 0) is 19.8 Å². The maximum atomic E-state index is 13.6. The fourth-order valence-electron chi connectivity index (χ4n) is 6.67. The minimum atomic E-state index is -4.49. The second kappa shape index (κ2) is 12.2. The Morgan fingerprint density at radius 2 is 1.88 bits per heavy atom. The van der Waals surface area contributed by atoms with E-state index in [1.54, 1.807) is 12.3 Å². The van der Waals surface area contributed by atoms with Gasteiger partial charge in [-0.05, 0) is 80.0 Å². The highest BCUT2D eigenvalue weighted by Crippen LogP contribution is 2.52. The molecule has 0 saturated carbocycles. The Morgan fingerprint density at radius 1 is 1.10 bits per heavy atom. The van der Waals surface area contributed by atoms with Crippen LogP contribution >= 0.6 is 0 Å². The van der Waals surface area contributed by atoms with Crippen molar-refractivity contribution in [3.8, 4) is 0 Å². The molecular formula is C31H37F3N4O3. The molecule has 41 heavy (non-hydrogen) atoms. The average Bonchev–Trinajstić information content (AvgIpc) is 3.25. The van der Waals surface area contributed by atoms with Crippen LogP contribution in [-0.4, -0.2) is 61.0 Å². The molecule has 7 nitrogen and oxygen atoms in total. The van der Waals surface area contributed by atoms with Crippen LogP contribution in [0.2, 0.25) is 0 Å². The van der Waals surface area contributed by atoms with E-state index in [0.717, 1.165) is 74.0 Å². The lowest BCUT2D eigenvalue weighted by Crippen LogP contribution is -2.49. The molecule has 3 amide bonds. The summed E-state index contributed by atoms with van der Waals surface area (Å²) in [5.41, 5.74) is 2.54. The minimum Gasteiger partial charge on any atom is -0.353 e. The van der Waals surface area contributed by atoms with Crippen molar-refractivity contribution in [2.24, 2.45) is 5.92 Å². The first-order chi connectivity index (χ1) is 19.7. The number of allylic oxidation sites excluding steroid dienone is 4. The molecule has 10 heteroatoms. The van der Waals surface area contributed by atoms with Gasteiger partial charge in [-0.2, -0.15) is 13.2 Å². The third kappa shape index (κ3) is 6.27. The van der Waals surface area contributed by atoms with E-state index >= 15 is 0 Å². The highest BCUT2D eigenvalue weighted by atomic mass is 19.4. The Labute approximate surface area is 238 Å². The summed E-state index contributed by atoms with van der Waals surface area (Å²) in [7, 11) is 0. The summed E-state index contributed by atoms with van der Waals surface area (Å²) in [5.74, 6) is -1.78. The molecule has 4 aliphatic rings. The summed E-state index contributed by atoms with van der Waals surface area (Å²) < 4.78 is 39.3. The molecule has 2 aliphatic heterocycles. The van der Waals surface area contributed by atoms with Crippen LogP contribution in [0.3, 0.4) is 0 Å². The van der Waals surface area contributed by atoms with Gasteiger partial charge in [0, 0.05) is 19.1 Å². The number of alkyl halides is 3. The largest absolute Gasteiger partial charge is 0.405 e. The summed E-state index contributed by atoms with van der Waals surface area (Å²) in [6.07, 6.45) is 8.32. The number of amides is 3. The van der Waals surface area contributed by atoms with E-state index in [9.17, 15) is 27.6 Å². The molecule has 220 valence electrons. The fourth-order valence-corrected chi connectivity index (χ4v) is 6.67. The van der Waals surface area contributed by atoms with Gasteiger partial charge in [-0.25, -0.2) is 0 Å². The SMILES string of the molecule is O=C1NC=CCC1C(=O)NC1CCN(CCCCC2(C(=O)NCC(F)(F)F)C3=C(CCC=C3)c3ccccc32)CC1. The monoisotopic (exact) mass is 570 g/mol. The predicted octanol–water partition coefficient (Wildman–Crippen LogP) is 4.12. The van der Waals surface area contributed by atoms with Gasteiger partial charge in [0.1, 0.15) is 12.5 Å². The van der Waals surface area contributed by atoms with Crippen molar-refractivity contribution >= 4 is 23.3 Å². The second-order valence-electron chi connectivity index (χ2n) is 11.4. The zero-order chi connectivity index (χ0) is 29.0. The fraction of sp³-hybridized carbons (Fsp3) is 0.516. The van der Waals surface area contributed by atoms with Crippen molar-refractivity contribution in [3.05, 3.63) is 65.4 Å². The van der Waals surface area contributed by atoms with Gasteiger partial charge in [-0.3, -0.25) is 14.4 Å². The topological polar surface area (TPSA) is 90.5 Å². The molecule has 1 saturated heterocycles. The van der Waals surface area contributed by atoms with E-state index in [4.69, 9.17) is 0 Å². The number of nitrogens with one attached hydrogen (secondary N) is 3. The predicted molar refractivity (Wildman–Crippen MR) is 149 cm³/mol. The summed E-state index contributed by atoms with van der Waals surface area (Å²) in [6.45, 7) is 1.06. The number of carbonyl (C=O) groups is 3. The van der Waals surface area contributed by atoms with Crippen LogP contribution in [0.15, 0.2) is 54.3 Å². The molecule has 2 aliphatic carbocycles. The Morgan fingerprint density at radius 3 is 2.63 bits per heavy atom. The van der Waals surface area contributed by atoms with E-state index in [0.29, 0.717) is 19.3 Å². The molecule has 2 heterocycles. The molecule has 1 fully saturated rings. The lowest BCUT2D eigenvalue weighted by molar-refractivity contribution is -0.141. The van der Waals surface area contributed by atoms with Gasteiger partial charge in [0.25, 0.3) is 0 Å². The second-order valence-corrected chi connectivity index (χ2v) is 11.4. The summed E-state index contributed by atoms with van der Waals surface area (Å²) in [4.78, 5) is 40.5. The molecule has 0 aromatic heterocycles. The number of fused-ring (bicyclic) bond motifs is 2. The van der Waals surface area contributed by atoms with E-state index in [1.807, 2.05) is 36.4 Å². The zero-order valence-electron chi connectivity index (χ0n) is 23.1. The molecular weight excluding hydrogens is 533 g/mol. The number of halogens is 3. The Bertz CT molecular complexity index is 1260. The standard InChI is InChI=1S/C31H37F3N4O3/c32-31(33,34)20-36-29(41)30(25-11-3-1-8-22(25)23-9-2-4-12-26(23)30)15-5-6-17-38-18-13-21(14-19-38)37-28(40)24-10-7-16-35-27(24)39/h1,3-4,7-8,11-12,16,21,24H,2,5-6,9-10,13-15,17-20H2,(H,35,39)(H,36,41)(H,37,40). The van der Waals surface area contributed by atoms with Crippen LogP contribution < -0.4 is 16.0 Å². The van der Waals surface area contributed by atoms with Crippen LogP contribution in [0.4, 0.5) is 13.2 Å². The number of hydrogen-bond donors (Lipinski definition) is 3. The van der Waals surface area contributed by atoms with E-state index in [1.165, 1.54) is 0 Å². The average molecular weight is 571 g/mol. The highest BCUT2D eigenvalue weighted by Gasteiger charge is 2.50.